The Morgan fingerprint density at radius 2 is 2.06 bits per heavy atom. The van der Waals surface area contributed by atoms with Gasteiger partial charge in [0.05, 0.1) is 11.5 Å². The molecule has 1 aliphatic heterocycles. The van der Waals surface area contributed by atoms with Gasteiger partial charge in [-0.05, 0) is 36.8 Å². The highest BCUT2D eigenvalue weighted by Crippen LogP contribution is 2.24. The Bertz CT molecular complexity index is 551. The highest BCUT2D eigenvalue weighted by atomic mass is 32.2. The molecule has 0 bridgehead atoms. The largest absolute Gasteiger partial charge is 0.366 e. The highest BCUT2D eigenvalue weighted by Gasteiger charge is 2.27. The predicted molar refractivity (Wildman–Crippen MR) is 70.0 cm³/mol. The monoisotopic (exact) mass is 267 g/mol. The van der Waals surface area contributed by atoms with E-state index >= 15 is 0 Å². The van der Waals surface area contributed by atoms with Gasteiger partial charge in [-0.2, -0.15) is 0 Å². The molecule has 0 aliphatic carbocycles. The third-order valence-electron chi connectivity index (χ3n) is 3.43. The summed E-state index contributed by atoms with van der Waals surface area (Å²) in [5.74, 6) is 0.376. The van der Waals surface area contributed by atoms with Crippen molar-refractivity contribution in [3.05, 3.63) is 35.4 Å². The highest BCUT2D eigenvalue weighted by molar-refractivity contribution is 7.91. The second-order valence-corrected chi connectivity index (χ2v) is 7.06. The quantitative estimate of drug-likeness (QED) is 0.889. The maximum atomic E-state index is 11.4. The van der Waals surface area contributed by atoms with Gasteiger partial charge in [-0.15, -0.1) is 0 Å². The lowest BCUT2D eigenvalue weighted by atomic mass is 9.96. The van der Waals surface area contributed by atoms with Crippen molar-refractivity contribution in [3.63, 3.8) is 0 Å². The SMILES string of the molecule is NC(=O)c1ccccc1CCC1CCS(=O)(=O)C1. The Balaban J connectivity index is 2.01. The first kappa shape index (κ1) is 13.1. The number of carbonyl (C=O) groups is 1. The molecule has 1 aromatic rings. The molecule has 1 aliphatic rings. The number of benzene rings is 1. The van der Waals surface area contributed by atoms with Gasteiger partial charge in [0.15, 0.2) is 9.84 Å². The van der Waals surface area contributed by atoms with Crippen molar-refractivity contribution in [3.8, 4) is 0 Å². The number of hydrogen-bond donors (Lipinski definition) is 1. The molecule has 18 heavy (non-hydrogen) atoms. The third kappa shape index (κ3) is 3.10. The molecule has 1 fully saturated rings. The molecule has 0 radical (unpaired) electrons. The van der Waals surface area contributed by atoms with Crippen LogP contribution in [-0.4, -0.2) is 25.8 Å². The van der Waals surface area contributed by atoms with E-state index in [1.807, 2.05) is 12.1 Å². The van der Waals surface area contributed by atoms with Crippen LogP contribution >= 0.6 is 0 Å². The molecule has 1 amide bonds. The summed E-state index contributed by atoms with van der Waals surface area (Å²) in [4.78, 5) is 11.2. The number of aryl methyl sites for hydroxylation is 1. The molecular weight excluding hydrogens is 250 g/mol. The van der Waals surface area contributed by atoms with E-state index in [-0.39, 0.29) is 11.7 Å². The summed E-state index contributed by atoms with van der Waals surface area (Å²) in [6.45, 7) is 0. The van der Waals surface area contributed by atoms with Crippen molar-refractivity contribution in [2.45, 2.75) is 19.3 Å². The third-order valence-corrected chi connectivity index (χ3v) is 5.27. The zero-order chi connectivity index (χ0) is 13.2. The number of nitrogens with two attached hydrogens (primary N) is 1. The summed E-state index contributed by atoms with van der Waals surface area (Å²) in [6, 6.07) is 7.24. The Hall–Kier alpha value is -1.36. The average Bonchev–Trinajstić information content (AvgIpc) is 2.66. The van der Waals surface area contributed by atoms with Crippen LogP contribution in [0.2, 0.25) is 0 Å². The van der Waals surface area contributed by atoms with E-state index in [1.54, 1.807) is 12.1 Å². The van der Waals surface area contributed by atoms with Crippen molar-refractivity contribution >= 4 is 15.7 Å². The molecule has 0 aromatic heterocycles. The molecule has 2 rings (SSSR count). The normalized spacial score (nSPS) is 21.9. The summed E-state index contributed by atoms with van der Waals surface area (Å²) < 4.78 is 22.7. The van der Waals surface area contributed by atoms with Gasteiger partial charge in [-0.1, -0.05) is 18.2 Å². The lowest BCUT2D eigenvalue weighted by molar-refractivity contribution is 0.0999. The molecule has 1 saturated heterocycles. The Morgan fingerprint density at radius 3 is 2.67 bits per heavy atom. The molecule has 1 heterocycles. The van der Waals surface area contributed by atoms with Gasteiger partial charge >= 0.3 is 0 Å². The fraction of sp³-hybridized carbons (Fsp3) is 0.462. The van der Waals surface area contributed by atoms with Gasteiger partial charge in [0, 0.05) is 5.56 Å². The topological polar surface area (TPSA) is 77.2 Å². The number of rotatable bonds is 4. The van der Waals surface area contributed by atoms with Gasteiger partial charge < -0.3 is 5.73 Å². The van der Waals surface area contributed by atoms with Gasteiger partial charge in [0.25, 0.3) is 0 Å². The molecular formula is C13H17NO3S. The second kappa shape index (κ2) is 5.10. The smallest absolute Gasteiger partial charge is 0.248 e. The van der Waals surface area contributed by atoms with Crippen molar-refractivity contribution in [2.24, 2.45) is 11.7 Å². The van der Waals surface area contributed by atoms with E-state index in [9.17, 15) is 13.2 Å². The maximum Gasteiger partial charge on any atom is 0.248 e. The van der Waals surface area contributed by atoms with Crippen LogP contribution in [0, 0.1) is 5.92 Å². The summed E-state index contributed by atoms with van der Waals surface area (Å²) >= 11 is 0. The zero-order valence-electron chi connectivity index (χ0n) is 10.1. The van der Waals surface area contributed by atoms with Crippen molar-refractivity contribution < 1.29 is 13.2 Å². The Kier molecular flexibility index (Phi) is 3.71. The van der Waals surface area contributed by atoms with Crippen LogP contribution in [0.3, 0.4) is 0 Å². The molecule has 1 unspecified atom stereocenters. The molecule has 5 heteroatoms. The van der Waals surface area contributed by atoms with Gasteiger partial charge in [0.2, 0.25) is 5.91 Å². The second-order valence-electron chi connectivity index (χ2n) is 4.83. The van der Waals surface area contributed by atoms with E-state index < -0.39 is 15.7 Å². The minimum absolute atomic E-state index is 0.218. The Morgan fingerprint density at radius 1 is 1.33 bits per heavy atom. The Labute approximate surface area is 107 Å². The van der Waals surface area contributed by atoms with E-state index in [0.717, 1.165) is 18.4 Å². The number of primary amides is 1. The van der Waals surface area contributed by atoms with Gasteiger partial charge in [-0.3, -0.25) is 4.79 Å². The summed E-state index contributed by atoms with van der Waals surface area (Å²) in [5.41, 5.74) is 6.76. The minimum Gasteiger partial charge on any atom is -0.366 e. The summed E-state index contributed by atoms with van der Waals surface area (Å²) in [6.07, 6.45) is 2.24. The first-order valence-corrected chi connectivity index (χ1v) is 7.88. The molecule has 0 spiro atoms. The van der Waals surface area contributed by atoms with Crippen LogP contribution in [0.4, 0.5) is 0 Å². The predicted octanol–water partition coefficient (Wildman–Crippen LogP) is 1.15. The minimum atomic E-state index is -2.82. The zero-order valence-corrected chi connectivity index (χ0v) is 10.9. The first-order chi connectivity index (χ1) is 8.48. The number of carbonyl (C=O) groups excluding carboxylic acids is 1. The summed E-state index contributed by atoms with van der Waals surface area (Å²) in [5, 5.41) is 0. The number of hydrogen-bond acceptors (Lipinski definition) is 3. The molecule has 4 nitrogen and oxygen atoms in total. The lowest BCUT2D eigenvalue weighted by Gasteiger charge is -2.09. The maximum absolute atomic E-state index is 11.4. The molecule has 2 N–H and O–H groups in total. The van der Waals surface area contributed by atoms with E-state index in [0.29, 0.717) is 17.7 Å². The van der Waals surface area contributed by atoms with E-state index in [4.69, 9.17) is 5.73 Å². The number of sulfone groups is 1. The van der Waals surface area contributed by atoms with Crippen LogP contribution in [-0.2, 0) is 16.3 Å². The lowest BCUT2D eigenvalue weighted by Crippen LogP contribution is -2.14. The number of amides is 1. The van der Waals surface area contributed by atoms with Gasteiger partial charge in [-0.25, -0.2) is 8.42 Å². The van der Waals surface area contributed by atoms with Crippen LogP contribution < -0.4 is 5.73 Å². The molecule has 0 saturated carbocycles. The van der Waals surface area contributed by atoms with Crippen molar-refractivity contribution in [1.82, 2.24) is 0 Å². The van der Waals surface area contributed by atoms with Crippen LogP contribution in [0.15, 0.2) is 24.3 Å². The average molecular weight is 267 g/mol. The molecule has 1 aromatic carbocycles. The molecule has 1 atom stereocenters. The van der Waals surface area contributed by atoms with Crippen LogP contribution in [0.25, 0.3) is 0 Å². The first-order valence-electron chi connectivity index (χ1n) is 6.06. The van der Waals surface area contributed by atoms with E-state index in [1.165, 1.54) is 0 Å². The van der Waals surface area contributed by atoms with Crippen molar-refractivity contribution in [1.29, 1.82) is 0 Å². The van der Waals surface area contributed by atoms with Crippen LogP contribution in [0.1, 0.15) is 28.8 Å². The van der Waals surface area contributed by atoms with Crippen LogP contribution in [0.5, 0.6) is 0 Å². The standard InChI is InChI=1S/C13H17NO3S/c14-13(15)12-4-2-1-3-11(12)6-5-10-7-8-18(16,17)9-10/h1-4,10H,5-9H2,(H2,14,15). The summed E-state index contributed by atoms with van der Waals surface area (Å²) in [7, 11) is -2.82. The van der Waals surface area contributed by atoms with Gasteiger partial charge in [0.1, 0.15) is 0 Å². The fourth-order valence-corrected chi connectivity index (χ4v) is 4.35. The van der Waals surface area contributed by atoms with E-state index in [2.05, 4.69) is 0 Å². The molecule has 98 valence electrons. The van der Waals surface area contributed by atoms with Crippen molar-refractivity contribution in [2.75, 3.05) is 11.5 Å². The fourth-order valence-electron chi connectivity index (χ4n) is 2.44.